The molecule has 0 aromatic carbocycles. The van der Waals surface area contributed by atoms with Gasteiger partial charge in [0.2, 0.25) is 0 Å². The van der Waals surface area contributed by atoms with Crippen molar-refractivity contribution in [1.82, 2.24) is 9.88 Å². The molecule has 1 aromatic heterocycles. The Hall–Kier alpha value is -1.66. The van der Waals surface area contributed by atoms with Gasteiger partial charge in [-0.3, -0.25) is 4.79 Å². The molecule has 1 fully saturated rings. The summed E-state index contributed by atoms with van der Waals surface area (Å²) >= 11 is 0. The number of morpholine rings is 1. The van der Waals surface area contributed by atoms with Crippen LogP contribution in [0, 0.1) is 0 Å². The molecule has 1 amide bonds. The molecule has 2 rings (SSSR count). The van der Waals surface area contributed by atoms with Gasteiger partial charge in [-0.05, 0) is 32.9 Å². The van der Waals surface area contributed by atoms with E-state index in [2.05, 4.69) is 10.3 Å². The van der Waals surface area contributed by atoms with Gasteiger partial charge in [0, 0.05) is 19.6 Å². The predicted molar refractivity (Wildman–Crippen MR) is 80.3 cm³/mol. The number of hydrogen-bond donors (Lipinski definition) is 2. The van der Waals surface area contributed by atoms with Gasteiger partial charge < -0.3 is 20.1 Å². The van der Waals surface area contributed by atoms with Gasteiger partial charge >= 0.3 is 0 Å². The van der Waals surface area contributed by atoms with Gasteiger partial charge in [-0.2, -0.15) is 0 Å². The predicted octanol–water partition coefficient (Wildman–Crippen LogP) is 1.13. The molecule has 116 valence electrons. The van der Waals surface area contributed by atoms with Gasteiger partial charge in [-0.15, -0.1) is 0 Å². The van der Waals surface area contributed by atoms with E-state index in [0.717, 1.165) is 12.2 Å². The Morgan fingerprint density at radius 2 is 2.33 bits per heavy atom. The molecule has 2 heterocycles. The largest absolute Gasteiger partial charge is 0.394 e. The number of ether oxygens (including phenoxy) is 1. The van der Waals surface area contributed by atoms with Crippen LogP contribution in [0.5, 0.6) is 0 Å². The van der Waals surface area contributed by atoms with Gasteiger partial charge in [0.1, 0.15) is 5.69 Å². The average molecular weight is 293 g/mol. The first kappa shape index (κ1) is 15.7. The standard InChI is InChI=1S/C15H23N3O3/c1-4-16-11-5-6-13(17-7-11)14(20)18-8-12(9-19)21-15(2,3)10-18/h5-7,12,16,19H,4,8-10H2,1-3H3. The quantitative estimate of drug-likeness (QED) is 0.870. The van der Waals surface area contributed by atoms with Crippen molar-refractivity contribution in [3.8, 4) is 0 Å². The molecule has 1 aromatic rings. The fraction of sp³-hybridized carbons (Fsp3) is 0.600. The van der Waals surface area contributed by atoms with Crippen molar-refractivity contribution in [3.05, 3.63) is 24.0 Å². The van der Waals surface area contributed by atoms with Crippen LogP contribution in [0.1, 0.15) is 31.3 Å². The molecular formula is C15H23N3O3. The summed E-state index contributed by atoms with van der Waals surface area (Å²) in [6.45, 7) is 7.41. The summed E-state index contributed by atoms with van der Waals surface area (Å²) in [6.07, 6.45) is 1.31. The third-order valence-electron chi connectivity index (χ3n) is 3.34. The lowest BCUT2D eigenvalue weighted by atomic mass is 10.0. The van der Waals surface area contributed by atoms with Crippen LogP contribution in [0.3, 0.4) is 0 Å². The third-order valence-corrected chi connectivity index (χ3v) is 3.34. The molecule has 21 heavy (non-hydrogen) atoms. The molecule has 0 bridgehead atoms. The van der Waals surface area contributed by atoms with Crippen molar-refractivity contribution < 1.29 is 14.6 Å². The average Bonchev–Trinajstić information content (AvgIpc) is 2.46. The molecule has 6 heteroatoms. The fourth-order valence-corrected chi connectivity index (χ4v) is 2.54. The van der Waals surface area contributed by atoms with Gasteiger partial charge in [0.15, 0.2) is 0 Å². The van der Waals surface area contributed by atoms with Crippen molar-refractivity contribution in [2.24, 2.45) is 0 Å². The highest BCUT2D eigenvalue weighted by molar-refractivity contribution is 5.92. The number of aliphatic hydroxyl groups is 1. The van der Waals surface area contributed by atoms with E-state index in [1.807, 2.05) is 26.8 Å². The van der Waals surface area contributed by atoms with Crippen LogP contribution in [0.2, 0.25) is 0 Å². The second kappa shape index (κ2) is 6.41. The zero-order valence-electron chi connectivity index (χ0n) is 12.8. The Morgan fingerprint density at radius 1 is 1.57 bits per heavy atom. The van der Waals surface area contributed by atoms with E-state index in [1.165, 1.54) is 0 Å². The van der Waals surface area contributed by atoms with Crippen LogP contribution >= 0.6 is 0 Å². The summed E-state index contributed by atoms with van der Waals surface area (Å²) in [5.41, 5.74) is 0.834. The van der Waals surface area contributed by atoms with Crippen molar-refractivity contribution in [2.45, 2.75) is 32.5 Å². The maximum absolute atomic E-state index is 12.5. The zero-order valence-corrected chi connectivity index (χ0v) is 12.8. The van der Waals surface area contributed by atoms with Gasteiger partial charge in [-0.25, -0.2) is 4.98 Å². The molecule has 0 saturated carbocycles. The zero-order chi connectivity index (χ0) is 15.5. The Labute approximate surface area is 125 Å². The van der Waals surface area contributed by atoms with Crippen LogP contribution < -0.4 is 5.32 Å². The number of aromatic nitrogens is 1. The first-order valence-corrected chi connectivity index (χ1v) is 7.23. The lowest BCUT2D eigenvalue weighted by Gasteiger charge is -2.42. The third kappa shape index (κ3) is 3.92. The monoisotopic (exact) mass is 293 g/mol. The molecule has 0 radical (unpaired) electrons. The number of aliphatic hydroxyl groups excluding tert-OH is 1. The number of nitrogens with one attached hydrogen (secondary N) is 1. The minimum Gasteiger partial charge on any atom is -0.394 e. The minimum absolute atomic E-state index is 0.0972. The van der Waals surface area contributed by atoms with Crippen LogP contribution in [0.25, 0.3) is 0 Å². The highest BCUT2D eigenvalue weighted by atomic mass is 16.5. The highest BCUT2D eigenvalue weighted by Gasteiger charge is 2.35. The first-order valence-electron chi connectivity index (χ1n) is 7.23. The molecule has 0 aliphatic carbocycles. The van der Waals surface area contributed by atoms with Crippen LogP contribution in [0.4, 0.5) is 5.69 Å². The summed E-state index contributed by atoms with van der Waals surface area (Å²) in [6, 6.07) is 3.57. The molecule has 1 aliphatic heterocycles. The van der Waals surface area contributed by atoms with E-state index < -0.39 is 5.60 Å². The van der Waals surface area contributed by atoms with Crippen molar-refractivity contribution in [3.63, 3.8) is 0 Å². The fourth-order valence-electron chi connectivity index (χ4n) is 2.54. The number of anilines is 1. The van der Waals surface area contributed by atoms with Crippen LogP contribution in [0.15, 0.2) is 18.3 Å². The van der Waals surface area contributed by atoms with Gasteiger partial charge in [0.05, 0.1) is 30.2 Å². The van der Waals surface area contributed by atoms with E-state index in [9.17, 15) is 9.90 Å². The number of carbonyl (C=O) groups excluding carboxylic acids is 1. The highest BCUT2D eigenvalue weighted by Crippen LogP contribution is 2.22. The molecule has 1 saturated heterocycles. The maximum atomic E-state index is 12.5. The van der Waals surface area contributed by atoms with Crippen LogP contribution in [-0.4, -0.2) is 58.8 Å². The summed E-state index contributed by atoms with van der Waals surface area (Å²) in [5, 5.41) is 12.4. The number of pyridine rings is 1. The van der Waals surface area contributed by atoms with Crippen molar-refractivity contribution >= 4 is 11.6 Å². The van der Waals surface area contributed by atoms with Gasteiger partial charge in [-0.1, -0.05) is 0 Å². The molecule has 1 atom stereocenters. The SMILES string of the molecule is CCNc1ccc(C(=O)N2CC(CO)OC(C)(C)C2)nc1. The molecule has 2 N–H and O–H groups in total. The van der Waals surface area contributed by atoms with Crippen molar-refractivity contribution in [1.29, 1.82) is 0 Å². The van der Waals surface area contributed by atoms with E-state index in [-0.39, 0.29) is 18.6 Å². The minimum atomic E-state index is -0.467. The smallest absolute Gasteiger partial charge is 0.272 e. The number of hydrogen-bond acceptors (Lipinski definition) is 5. The lowest BCUT2D eigenvalue weighted by molar-refractivity contribution is -0.139. The second-order valence-corrected chi connectivity index (χ2v) is 5.83. The van der Waals surface area contributed by atoms with E-state index >= 15 is 0 Å². The number of nitrogens with zero attached hydrogens (tertiary/aromatic N) is 2. The summed E-state index contributed by atoms with van der Waals surface area (Å²) in [7, 11) is 0. The first-order chi connectivity index (χ1) is 9.95. The number of rotatable bonds is 4. The second-order valence-electron chi connectivity index (χ2n) is 5.83. The number of amides is 1. The Bertz CT molecular complexity index is 487. The van der Waals surface area contributed by atoms with Gasteiger partial charge in [0.25, 0.3) is 5.91 Å². The van der Waals surface area contributed by atoms with E-state index in [1.54, 1.807) is 17.2 Å². The Kier molecular flexibility index (Phi) is 4.80. The normalized spacial score (nSPS) is 21.1. The molecular weight excluding hydrogens is 270 g/mol. The number of carbonyl (C=O) groups is 1. The molecule has 1 unspecified atom stereocenters. The van der Waals surface area contributed by atoms with E-state index in [4.69, 9.17) is 4.74 Å². The maximum Gasteiger partial charge on any atom is 0.272 e. The molecule has 1 aliphatic rings. The summed E-state index contributed by atoms with van der Waals surface area (Å²) in [5.74, 6) is -0.132. The topological polar surface area (TPSA) is 74.7 Å². The Balaban J connectivity index is 2.11. The van der Waals surface area contributed by atoms with E-state index in [0.29, 0.717) is 18.8 Å². The summed E-state index contributed by atoms with van der Waals surface area (Å²) in [4.78, 5) is 18.4. The lowest BCUT2D eigenvalue weighted by Crippen LogP contribution is -2.55. The molecule has 6 nitrogen and oxygen atoms in total. The summed E-state index contributed by atoms with van der Waals surface area (Å²) < 4.78 is 5.72. The Morgan fingerprint density at radius 3 is 2.90 bits per heavy atom. The van der Waals surface area contributed by atoms with Crippen LogP contribution in [-0.2, 0) is 4.74 Å². The molecule has 0 spiro atoms. The van der Waals surface area contributed by atoms with Crippen molar-refractivity contribution in [2.75, 3.05) is 31.6 Å².